The van der Waals surface area contributed by atoms with Crippen LogP contribution in [0.25, 0.3) is 0 Å². The normalized spacial score (nSPS) is 30.1. The van der Waals surface area contributed by atoms with E-state index in [0.29, 0.717) is 12.2 Å². The summed E-state index contributed by atoms with van der Waals surface area (Å²) in [5.41, 5.74) is 0.687. The van der Waals surface area contributed by atoms with E-state index in [-0.39, 0.29) is 46.7 Å². The summed E-state index contributed by atoms with van der Waals surface area (Å²) in [6, 6.07) is 5.81. The fraction of sp³-hybridized carbons (Fsp3) is 0.600. The molecule has 2 amide bonds. The van der Waals surface area contributed by atoms with Crippen molar-refractivity contribution in [1.29, 1.82) is 0 Å². The number of anilines is 1. The molecule has 2 N–H and O–H groups in total. The van der Waals surface area contributed by atoms with Gasteiger partial charge < -0.3 is 15.5 Å². The Hall–Kier alpha value is -2.21. The van der Waals surface area contributed by atoms with Crippen LogP contribution in [0.1, 0.15) is 38.5 Å². The van der Waals surface area contributed by atoms with Crippen molar-refractivity contribution in [3.05, 3.63) is 42.2 Å². The Bertz CT molecular complexity index is 858. The lowest BCUT2D eigenvalue weighted by molar-refractivity contribution is -0.132. The molecule has 3 fully saturated rings. The van der Waals surface area contributed by atoms with E-state index in [4.69, 9.17) is 0 Å². The van der Waals surface area contributed by atoms with E-state index in [2.05, 4.69) is 27.7 Å². The predicted molar refractivity (Wildman–Crippen MR) is 118 cm³/mol. The minimum Gasteiger partial charge on any atom is -0.356 e. The minimum absolute atomic E-state index is 0.0172. The number of carbonyl (C=O) groups is 2. The van der Waals surface area contributed by atoms with Crippen LogP contribution in [0.15, 0.2) is 36.4 Å². The molecule has 1 aromatic carbocycles. The summed E-state index contributed by atoms with van der Waals surface area (Å²) in [7, 11) is 0. The van der Waals surface area contributed by atoms with E-state index < -0.39 is 0 Å². The molecule has 1 aromatic rings. The van der Waals surface area contributed by atoms with E-state index in [1.54, 1.807) is 12.1 Å². The van der Waals surface area contributed by atoms with Crippen LogP contribution in [0, 0.1) is 34.9 Å². The molecule has 166 valence electrons. The number of amides is 2. The highest BCUT2D eigenvalue weighted by Crippen LogP contribution is 2.72. The van der Waals surface area contributed by atoms with Crippen LogP contribution in [-0.2, 0) is 9.59 Å². The highest BCUT2D eigenvalue weighted by molar-refractivity contribution is 5.97. The summed E-state index contributed by atoms with van der Waals surface area (Å²) in [6.07, 6.45) is 11.2. The van der Waals surface area contributed by atoms with Gasteiger partial charge in [0.1, 0.15) is 5.82 Å². The van der Waals surface area contributed by atoms with Crippen LogP contribution >= 0.6 is 0 Å². The molecular formula is C25H32FN3O2. The SMILES string of the molecule is O=C(NCCCCN1CCCC1)[C@H]1[C@H](C(=O)Nc2ccc(F)cc2)[C@@H]2C=C[C@H]1C21CC1. The van der Waals surface area contributed by atoms with Crippen LogP contribution in [0.3, 0.4) is 0 Å². The number of unbranched alkanes of at least 4 members (excludes halogenated alkanes) is 1. The monoisotopic (exact) mass is 425 g/mol. The van der Waals surface area contributed by atoms with Crippen LogP contribution in [-0.4, -0.2) is 42.9 Å². The van der Waals surface area contributed by atoms with Crippen molar-refractivity contribution in [2.45, 2.75) is 38.5 Å². The van der Waals surface area contributed by atoms with Gasteiger partial charge in [0.15, 0.2) is 0 Å². The number of allylic oxidation sites excluding steroid dienone is 2. The average molecular weight is 426 g/mol. The summed E-state index contributed by atoms with van der Waals surface area (Å²) in [6.45, 7) is 4.19. The van der Waals surface area contributed by atoms with Crippen LogP contribution in [0.5, 0.6) is 0 Å². The van der Waals surface area contributed by atoms with Gasteiger partial charge in [0.2, 0.25) is 11.8 Å². The van der Waals surface area contributed by atoms with Crippen molar-refractivity contribution in [1.82, 2.24) is 10.2 Å². The first-order valence-electron chi connectivity index (χ1n) is 11.8. The Morgan fingerprint density at radius 2 is 1.61 bits per heavy atom. The topological polar surface area (TPSA) is 61.4 Å². The zero-order valence-corrected chi connectivity index (χ0v) is 18.0. The van der Waals surface area contributed by atoms with Gasteiger partial charge in [-0.15, -0.1) is 0 Å². The van der Waals surface area contributed by atoms with Crippen molar-refractivity contribution in [3.63, 3.8) is 0 Å². The van der Waals surface area contributed by atoms with Crippen LogP contribution in [0.4, 0.5) is 10.1 Å². The Kier molecular flexibility index (Phi) is 5.59. The van der Waals surface area contributed by atoms with Crippen LogP contribution in [0.2, 0.25) is 0 Å². The predicted octanol–water partition coefficient (Wildman–Crippen LogP) is 3.58. The molecule has 6 heteroatoms. The summed E-state index contributed by atoms with van der Waals surface area (Å²) in [5, 5.41) is 6.06. The second-order valence-corrected chi connectivity index (χ2v) is 9.76. The number of carbonyl (C=O) groups excluding carboxylic acids is 2. The van der Waals surface area contributed by atoms with Gasteiger partial charge in [0.05, 0.1) is 11.8 Å². The Morgan fingerprint density at radius 3 is 2.26 bits per heavy atom. The first-order valence-corrected chi connectivity index (χ1v) is 11.8. The summed E-state index contributed by atoms with van der Waals surface area (Å²) >= 11 is 0. The molecule has 5 rings (SSSR count). The van der Waals surface area contributed by atoms with Gasteiger partial charge in [-0.2, -0.15) is 0 Å². The first kappa shape index (κ1) is 20.7. The van der Waals surface area contributed by atoms with E-state index in [9.17, 15) is 14.0 Å². The number of hydrogen-bond acceptors (Lipinski definition) is 3. The molecule has 5 nitrogen and oxygen atoms in total. The summed E-state index contributed by atoms with van der Waals surface area (Å²) in [5.74, 6) is -0.814. The highest BCUT2D eigenvalue weighted by Gasteiger charge is 2.69. The number of rotatable bonds is 8. The lowest BCUT2D eigenvalue weighted by Gasteiger charge is -2.26. The van der Waals surface area contributed by atoms with Gasteiger partial charge in [0, 0.05) is 12.2 Å². The standard InChI is InChI=1S/C25H32FN3O2/c26-17-5-7-18(8-6-17)28-24(31)22-20-10-9-19(25(20)11-12-25)21(22)23(30)27-13-1-2-14-29-15-3-4-16-29/h5-10,19-22H,1-4,11-16H2,(H,27,30)(H,28,31)/t19-,20+,21-,22-/m1/s1. The molecule has 2 saturated carbocycles. The molecular weight excluding hydrogens is 393 g/mol. The third kappa shape index (κ3) is 3.91. The molecule has 0 aromatic heterocycles. The van der Waals surface area contributed by atoms with Gasteiger partial charge in [0.25, 0.3) is 0 Å². The number of hydrogen-bond donors (Lipinski definition) is 2. The van der Waals surface area contributed by atoms with Crippen LogP contribution < -0.4 is 10.6 Å². The van der Waals surface area contributed by atoms with Gasteiger partial charge in [-0.25, -0.2) is 4.39 Å². The van der Waals surface area contributed by atoms with Crippen molar-refractivity contribution in [2.24, 2.45) is 29.1 Å². The molecule has 0 radical (unpaired) electrons. The van der Waals surface area contributed by atoms with Crippen molar-refractivity contribution >= 4 is 17.5 Å². The second kappa shape index (κ2) is 8.38. The summed E-state index contributed by atoms with van der Waals surface area (Å²) < 4.78 is 13.2. The third-order valence-corrected chi connectivity index (χ3v) is 7.96. The number of nitrogens with zero attached hydrogens (tertiary/aromatic N) is 1. The molecule has 4 aliphatic rings. The maximum atomic E-state index is 13.2. The van der Waals surface area contributed by atoms with E-state index in [1.165, 1.54) is 38.1 Å². The second-order valence-electron chi connectivity index (χ2n) is 9.76. The first-order chi connectivity index (χ1) is 15.1. The zero-order valence-electron chi connectivity index (χ0n) is 18.0. The van der Waals surface area contributed by atoms with Crippen molar-refractivity contribution in [3.8, 4) is 0 Å². The number of halogens is 1. The smallest absolute Gasteiger partial charge is 0.228 e. The van der Waals surface area contributed by atoms with Gasteiger partial charge in [-0.1, -0.05) is 12.2 Å². The minimum atomic E-state index is -0.354. The van der Waals surface area contributed by atoms with Crippen molar-refractivity contribution in [2.75, 3.05) is 31.5 Å². The largest absolute Gasteiger partial charge is 0.356 e. The van der Waals surface area contributed by atoms with E-state index in [0.717, 1.165) is 32.2 Å². The lowest BCUT2D eigenvalue weighted by atomic mass is 9.81. The van der Waals surface area contributed by atoms with Gasteiger partial charge in [-0.05, 0) is 99.7 Å². The molecule has 1 aliphatic heterocycles. The molecule has 1 spiro atoms. The fourth-order valence-corrected chi connectivity index (χ4v) is 6.26. The summed E-state index contributed by atoms with van der Waals surface area (Å²) in [4.78, 5) is 28.9. The molecule has 1 heterocycles. The van der Waals surface area contributed by atoms with Crippen molar-refractivity contribution < 1.29 is 14.0 Å². The third-order valence-electron chi connectivity index (χ3n) is 7.96. The highest BCUT2D eigenvalue weighted by atomic mass is 19.1. The van der Waals surface area contributed by atoms with E-state index >= 15 is 0 Å². The molecule has 2 bridgehead atoms. The number of benzene rings is 1. The van der Waals surface area contributed by atoms with Gasteiger partial charge in [-0.3, -0.25) is 9.59 Å². The maximum absolute atomic E-state index is 13.2. The Labute approximate surface area is 183 Å². The zero-order chi connectivity index (χ0) is 21.4. The molecule has 4 atom stereocenters. The quantitative estimate of drug-likeness (QED) is 0.494. The lowest BCUT2D eigenvalue weighted by Crippen LogP contribution is -2.42. The van der Waals surface area contributed by atoms with E-state index in [1.807, 2.05) is 0 Å². The maximum Gasteiger partial charge on any atom is 0.228 e. The average Bonchev–Trinajstić information content (AvgIpc) is 3.12. The molecule has 0 unspecified atom stereocenters. The number of nitrogens with one attached hydrogen (secondary N) is 2. The Balaban J connectivity index is 1.20. The molecule has 31 heavy (non-hydrogen) atoms. The fourth-order valence-electron chi connectivity index (χ4n) is 6.26. The number of likely N-dealkylation sites (tertiary alicyclic amines) is 1. The van der Waals surface area contributed by atoms with Gasteiger partial charge >= 0.3 is 0 Å². The molecule has 3 aliphatic carbocycles. The Morgan fingerprint density at radius 1 is 0.968 bits per heavy atom. The molecule has 1 saturated heterocycles.